The van der Waals surface area contributed by atoms with E-state index in [-0.39, 0.29) is 0 Å². The molecule has 0 saturated carbocycles. The predicted octanol–water partition coefficient (Wildman–Crippen LogP) is 6.20. The summed E-state index contributed by atoms with van der Waals surface area (Å²) in [6.07, 6.45) is 14.8. The monoisotopic (exact) mass is 284 g/mol. The van der Waals surface area contributed by atoms with Crippen LogP contribution >= 0.6 is 0 Å². The Morgan fingerprint density at radius 3 is 1.40 bits per heavy atom. The van der Waals surface area contributed by atoms with Crippen molar-refractivity contribution in [3.63, 3.8) is 0 Å². The number of aliphatic hydroxyl groups is 1. The van der Waals surface area contributed by atoms with E-state index >= 15 is 0 Å². The Balaban J connectivity index is 3.41. The minimum Gasteiger partial charge on any atom is -0.396 e. The first-order chi connectivity index (χ1) is 9.60. The van der Waals surface area contributed by atoms with Gasteiger partial charge in [0.05, 0.1) is 0 Å². The second-order valence-electron chi connectivity index (χ2n) is 7.19. The third kappa shape index (κ3) is 13.0. The quantitative estimate of drug-likeness (QED) is 0.377. The van der Waals surface area contributed by atoms with E-state index in [0.717, 1.165) is 18.3 Å². The van der Waals surface area contributed by atoms with Gasteiger partial charge in [0.1, 0.15) is 0 Å². The summed E-state index contributed by atoms with van der Waals surface area (Å²) in [5, 5.41) is 8.89. The number of unbranched alkanes of at least 4 members (excludes halogenated alkanes) is 2. The lowest BCUT2D eigenvalue weighted by Crippen LogP contribution is -2.02. The van der Waals surface area contributed by atoms with Gasteiger partial charge >= 0.3 is 0 Å². The van der Waals surface area contributed by atoms with Gasteiger partial charge < -0.3 is 5.11 Å². The molecule has 0 aliphatic heterocycles. The molecule has 20 heavy (non-hydrogen) atoms. The second kappa shape index (κ2) is 13.9. The third-order valence-corrected chi connectivity index (χ3v) is 4.71. The lowest BCUT2D eigenvalue weighted by molar-refractivity contribution is 0.255. The van der Waals surface area contributed by atoms with Crippen LogP contribution < -0.4 is 0 Å². The van der Waals surface area contributed by atoms with Gasteiger partial charge in [-0.3, -0.25) is 0 Å². The molecule has 0 radical (unpaired) electrons. The summed E-state index contributed by atoms with van der Waals surface area (Å²) in [5.41, 5.74) is 0. The summed E-state index contributed by atoms with van der Waals surface area (Å²) < 4.78 is 0. The first-order valence-electron chi connectivity index (χ1n) is 9.20. The molecule has 0 amide bonds. The summed E-state index contributed by atoms with van der Waals surface area (Å²) in [6, 6.07) is 0. The van der Waals surface area contributed by atoms with E-state index in [1.54, 1.807) is 0 Å². The van der Waals surface area contributed by atoms with Crippen LogP contribution in [0, 0.1) is 17.8 Å². The maximum absolute atomic E-state index is 8.89. The summed E-state index contributed by atoms with van der Waals surface area (Å²) in [4.78, 5) is 0. The molecular formula is C19H40O. The van der Waals surface area contributed by atoms with Gasteiger partial charge in [0.2, 0.25) is 0 Å². The van der Waals surface area contributed by atoms with E-state index in [4.69, 9.17) is 5.11 Å². The maximum Gasteiger partial charge on any atom is 0.0433 e. The molecule has 0 saturated heterocycles. The zero-order chi connectivity index (χ0) is 15.2. The standard InChI is InChI=1S/C19H40O/c1-5-6-7-10-17(2)11-8-12-18(3)13-9-14-19(4)15-16-20/h17-20H,5-16H2,1-4H3. The highest BCUT2D eigenvalue weighted by atomic mass is 16.3. The fourth-order valence-electron chi connectivity index (χ4n) is 3.03. The Hall–Kier alpha value is -0.0400. The fraction of sp³-hybridized carbons (Fsp3) is 1.00. The molecule has 0 aromatic rings. The Morgan fingerprint density at radius 2 is 1.00 bits per heavy atom. The van der Waals surface area contributed by atoms with Crippen molar-refractivity contribution in [3.05, 3.63) is 0 Å². The molecule has 1 N–H and O–H groups in total. The predicted molar refractivity (Wildman–Crippen MR) is 91.0 cm³/mol. The van der Waals surface area contributed by atoms with Crippen LogP contribution in [0.5, 0.6) is 0 Å². The van der Waals surface area contributed by atoms with Crippen molar-refractivity contribution in [2.45, 2.75) is 98.3 Å². The zero-order valence-electron chi connectivity index (χ0n) is 14.7. The van der Waals surface area contributed by atoms with Gasteiger partial charge in [-0.15, -0.1) is 0 Å². The van der Waals surface area contributed by atoms with Crippen LogP contribution in [0.4, 0.5) is 0 Å². The largest absolute Gasteiger partial charge is 0.396 e. The molecule has 0 aromatic heterocycles. The van der Waals surface area contributed by atoms with Crippen LogP contribution in [-0.2, 0) is 0 Å². The number of rotatable bonds is 14. The van der Waals surface area contributed by atoms with Crippen molar-refractivity contribution in [1.82, 2.24) is 0 Å². The minimum atomic E-state index is 0.354. The van der Waals surface area contributed by atoms with Crippen molar-refractivity contribution in [2.24, 2.45) is 17.8 Å². The van der Waals surface area contributed by atoms with Gasteiger partial charge in [0.25, 0.3) is 0 Å². The number of aliphatic hydroxyl groups excluding tert-OH is 1. The van der Waals surface area contributed by atoms with E-state index in [9.17, 15) is 0 Å². The molecule has 0 aliphatic carbocycles. The average molecular weight is 285 g/mol. The van der Waals surface area contributed by atoms with E-state index in [2.05, 4.69) is 27.7 Å². The van der Waals surface area contributed by atoms with E-state index in [1.807, 2.05) is 0 Å². The van der Waals surface area contributed by atoms with Crippen molar-refractivity contribution >= 4 is 0 Å². The van der Waals surface area contributed by atoms with E-state index < -0.39 is 0 Å². The van der Waals surface area contributed by atoms with Crippen molar-refractivity contribution in [1.29, 1.82) is 0 Å². The zero-order valence-corrected chi connectivity index (χ0v) is 14.7. The SMILES string of the molecule is CCCCCC(C)CCCC(C)CCCC(C)CCO. The van der Waals surface area contributed by atoms with Crippen LogP contribution in [0.2, 0.25) is 0 Å². The highest BCUT2D eigenvalue weighted by Crippen LogP contribution is 2.22. The molecule has 1 nitrogen and oxygen atoms in total. The van der Waals surface area contributed by atoms with Crippen LogP contribution in [0.25, 0.3) is 0 Å². The Morgan fingerprint density at radius 1 is 0.600 bits per heavy atom. The summed E-state index contributed by atoms with van der Waals surface area (Å²) in [5.74, 6) is 2.52. The van der Waals surface area contributed by atoms with Gasteiger partial charge in [-0.1, -0.05) is 91.9 Å². The molecule has 0 aromatic carbocycles. The number of hydrogen-bond donors (Lipinski definition) is 1. The van der Waals surface area contributed by atoms with Crippen molar-refractivity contribution in [2.75, 3.05) is 6.61 Å². The van der Waals surface area contributed by atoms with Gasteiger partial charge in [-0.25, -0.2) is 0 Å². The molecule has 0 bridgehead atoms. The highest BCUT2D eigenvalue weighted by molar-refractivity contribution is 4.60. The highest BCUT2D eigenvalue weighted by Gasteiger charge is 2.07. The van der Waals surface area contributed by atoms with Crippen LogP contribution in [-0.4, -0.2) is 11.7 Å². The molecule has 0 heterocycles. The Bertz CT molecular complexity index is 190. The van der Waals surface area contributed by atoms with Crippen LogP contribution in [0.15, 0.2) is 0 Å². The van der Waals surface area contributed by atoms with Crippen LogP contribution in [0.1, 0.15) is 98.3 Å². The third-order valence-electron chi connectivity index (χ3n) is 4.71. The molecule has 0 aliphatic rings. The molecule has 0 rings (SSSR count). The normalized spacial score (nSPS) is 16.1. The minimum absolute atomic E-state index is 0.354. The average Bonchev–Trinajstić information content (AvgIpc) is 2.39. The van der Waals surface area contributed by atoms with Crippen molar-refractivity contribution < 1.29 is 5.11 Å². The Kier molecular flexibility index (Phi) is 13.9. The van der Waals surface area contributed by atoms with E-state index in [0.29, 0.717) is 12.5 Å². The first-order valence-corrected chi connectivity index (χ1v) is 9.20. The Labute approximate surface area is 128 Å². The summed E-state index contributed by atoms with van der Waals surface area (Å²) >= 11 is 0. The lowest BCUT2D eigenvalue weighted by Gasteiger charge is -2.15. The molecule has 1 heteroatoms. The van der Waals surface area contributed by atoms with Gasteiger partial charge in [-0.2, -0.15) is 0 Å². The molecule has 3 unspecified atom stereocenters. The van der Waals surface area contributed by atoms with Gasteiger partial charge in [-0.05, 0) is 24.2 Å². The van der Waals surface area contributed by atoms with Gasteiger partial charge in [0.15, 0.2) is 0 Å². The molecule has 0 fully saturated rings. The topological polar surface area (TPSA) is 20.2 Å². The smallest absolute Gasteiger partial charge is 0.0433 e. The fourth-order valence-corrected chi connectivity index (χ4v) is 3.03. The summed E-state index contributed by atoms with van der Waals surface area (Å²) in [6.45, 7) is 9.74. The van der Waals surface area contributed by atoms with Crippen molar-refractivity contribution in [3.8, 4) is 0 Å². The summed E-state index contributed by atoms with van der Waals surface area (Å²) in [7, 11) is 0. The maximum atomic E-state index is 8.89. The first kappa shape index (κ1) is 20.0. The van der Waals surface area contributed by atoms with E-state index in [1.165, 1.54) is 64.2 Å². The second-order valence-corrected chi connectivity index (χ2v) is 7.19. The van der Waals surface area contributed by atoms with Crippen LogP contribution in [0.3, 0.4) is 0 Å². The number of hydrogen-bond acceptors (Lipinski definition) is 1. The molecule has 122 valence electrons. The lowest BCUT2D eigenvalue weighted by atomic mass is 9.91. The van der Waals surface area contributed by atoms with Gasteiger partial charge in [0, 0.05) is 6.61 Å². The molecular weight excluding hydrogens is 244 g/mol. The molecule has 0 spiro atoms. The molecule has 3 atom stereocenters.